The third kappa shape index (κ3) is 5.35. The van der Waals surface area contributed by atoms with Gasteiger partial charge in [0.15, 0.2) is 6.61 Å². The van der Waals surface area contributed by atoms with Gasteiger partial charge in [0.25, 0.3) is 15.9 Å². The normalized spacial score (nSPS) is 11.0. The van der Waals surface area contributed by atoms with Crippen molar-refractivity contribution >= 4 is 15.9 Å². The summed E-state index contributed by atoms with van der Waals surface area (Å²) in [4.78, 5) is 13.8. The Bertz CT molecular complexity index is 927. The van der Waals surface area contributed by atoms with Gasteiger partial charge in [-0.25, -0.2) is 8.42 Å². The second kappa shape index (κ2) is 8.74. The quantitative estimate of drug-likeness (QED) is 0.661. The van der Waals surface area contributed by atoms with Crippen LogP contribution in [0.3, 0.4) is 0 Å². The summed E-state index contributed by atoms with van der Waals surface area (Å²) in [6.07, 6.45) is 0. The van der Waals surface area contributed by atoms with Crippen LogP contribution in [0.4, 0.5) is 0 Å². The van der Waals surface area contributed by atoms with Crippen LogP contribution in [0.15, 0.2) is 41.3 Å². The highest BCUT2D eigenvalue weighted by atomic mass is 32.2. The number of rotatable bonds is 8. The smallest absolute Gasteiger partial charge is 0.272 e. The topological polar surface area (TPSA) is 103 Å². The van der Waals surface area contributed by atoms with Gasteiger partial charge in [0.2, 0.25) is 0 Å². The lowest BCUT2D eigenvalue weighted by atomic mass is 10.1. The molecule has 0 atom stereocenters. The van der Waals surface area contributed by atoms with Crippen LogP contribution in [0.1, 0.15) is 11.1 Å². The Morgan fingerprint density at radius 2 is 1.74 bits per heavy atom. The largest absolute Gasteiger partial charge is 0.497 e. The number of nitrogens with one attached hydrogen (secondary N) is 2. The standard InChI is InChI=1S/C18H22N2O6S/c1-12-5-6-13(2)16(9-12)26-11-18(21)19-20-27(22,23)17-10-14(24-3)7-8-15(17)25-4/h5-10,20H,11H2,1-4H3,(H,19,21). The zero-order valence-corrected chi connectivity index (χ0v) is 16.3. The first-order valence-electron chi connectivity index (χ1n) is 7.99. The van der Waals surface area contributed by atoms with Crippen LogP contribution >= 0.6 is 0 Å². The summed E-state index contributed by atoms with van der Waals surface area (Å²) in [7, 11) is -1.31. The third-order valence-electron chi connectivity index (χ3n) is 3.69. The van der Waals surface area contributed by atoms with Gasteiger partial charge in [-0.15, -0.1) is 4.83 Å². The van der Waals surface area contributed by atoms with E-state index in [0.717, 1.165) is 11.1 Å². The summed E-state index contributed by atoms with van der Waals surface area (Å²) >= 11 is 0. The summed E-state index contributed by atoms with van der Waals surface area (Å²) in [5.41, 5.74) is 3.97. The Morgan fingerprint density at radius 1 is 1.00 bits per heavy atom. The molecular formula is C18H22N2O6S. The van der Waals surface area contributed by atoms with Crippen molar-refractivity contribution in [3.05, 3.63) is 47.5 Å². The number of hydrazine groups is 1. The van der Waals surface area contributed by atoms with E-state index in [-0.39, 0.29) is 17.3 Å². The lowest BCUT2D eigenvalue weighted by Crippen LogP contribution is -2.43. The van der Waals surface area contributed by atoms with E-state index in [9.17, 15) is 13.2 Å². The van der Waals surface area contributed by atoms with Crippen LogP contribution in [-0.4, -0.2) is 35.2 Å². The molecule has 0 saturated heterocycles. The van der Waals surface area contributed by atoms with E-state index in [1.807, 2.05) is 30.8 Å². The lowest BCUT2D eigenvalue weighted by molar-refractivity contribution is -0.123. The molecule has 0 bridgehead atoms. The van der Waals surface area contributed by atoms with Crippen molar-refractivity contribution in [2.75, 3.05) is 20.8 Å². The zero-order chi connectivity index (χ0) is 20.0. The van der Waals surface area contributed by atoms with Crippen LogP contribution in [0.25, 0.3) is 0 Å². The average molecular weight is 394 g/mol. The van der Waals surface area contributed by atoms with E-state index in [1.54, 1.807) is 12.1 Å². The zero-order valence-electron chi connectivity index (χ0n) is 15.5. The first-order valence-corrected chi connectivity index (χ1v) is 9.48. The minimum absolute atomic E-state index is 0.115. The molecule has 146 valence electrons. The highest BCUT2D eigenvalue weighted by molar-refractivity contribution is 7.89. The number of aryl methyl sites for hydroxylation is 2. The molecule has 2 rings (SSSR count). The SMILES string of the molecule is COc1ccc(OC)c(S(=O)(=O)NNC(=O)COc2cc(C)ccc2C)c1. The number of hydrogen-bond acceptors (Lipinski definition) is 6. The monoisotopic (exact) mass is 394 g/mol. The number of carbonyl (C=O) groups excluding carboxylic acids is 1. The molecule has 0 aliphatic rings. The van der Waals surface area contributed by atoms with E-state index in [4.69, 9.17) is 14.2 Å². The molecule has 9 heteroatoms. The molecule has 0 aromatic heterocycles. The minimum Gasteiger partial charge on any atom is -0.497 e. The number of benzene rings is 2. The number of hydrogen-bond donors (Lipinski definition) is 2. The highest BCUT2D eigenvalue weighted by Crippen LogP contribution is 2.27. The molecule has 0 spiro atoms. The van der Waals surface area contributed by atoms with Gasteiger partial charge in [-0.2, -0.15) is 0 Å². The van der Waals surface area contributed by atoms with Crippen molar-refractivity contribution in [1.82, 2.24) is 10.3 Å². The van der Waals surface area contributed by atoms with E-state index < -0.39 is 15.9 Å². The van der Waals surface area contributed by atoms with Crippen molar-refractivity contribution < 1.29 is 27.4 Å². The van der Waals surface area contributed by atoms with Gasteiger partial charge in [0.05, 0.1) is 14.2 Å². The van der Waals surface area contributed by atoms with Crippen molar-refractivity contribution in [2.24, 2.45) is 0 Å². The summed E-state index contributed by atoms with van der Waals surface area (Å²) < 4.78 is 40.4. The molecule has 2 aromatic carbocycles. The molecule has 0 radical (unpaired) electrons. The number of sulfonamides is 1. The highest BCUT2D eigenvalue weighted by Gasteiger charge is 2.21. The number of carbonyl (C=O) groups is 1. The number of methoxy groups -OCH3 is 2. The number of ether oxygens (including phenoxy) is 3. The predicted molar refractivity (Wildman–Crippen MR) is 99.4 cm³/mol. The van der Waals surface area contributed by atoms with Crippen molar-refractivity contribution in [1.29, 1.82) is 0 Å². The van der Waals surface area contributed by atoms with Gasteiger partial charge >= 0.3 is 0 Å². The van der Waals surface area contributed by atoms with Crippen LogP contribution in [0, 0.1) is 13.8 Å². The van der Waals surface area contributed by atoms with Crippen LogP contribution in [0.5, 0.6) is 17.2 Å². The summed E-state index contributed by atoms with van der Waals surface area (Å²) in [5, 5.41) is 0. The first-order chi connectivity index (χ1) is 12.8. The molecule has 2 aromatic rings. The van der Waals surface area contributed by atoms with Gasteiger partial charge in [0.1, 0.15) is 22.1 Å². The molecule has 0 fully saturated rings. The first kappa shape index (κ1) is 20.5. The molecule has 2 N–H and O–H groups in total. The van der Waals surface area contributed by atoms with Gasteiger partial charge in [-0.05, 0) is 43.2 Å². The molecule has 0 heterocycles. The summed E-state index contributed by atoms with van der Waals surface area (Å²) in [5.74, 6) is 0.355. The van der Waals surface area contributed by atoms with Crippen molar-refractivity contribution in [3.8, 4) is 17.2 Å². The van der Waals surface area contributed by atoms with E-state index in [2.05, 4.69) is 5.43 Å². The maximum Gasteiger partial charge on any atom is 0.272 e. The fourth-order valence-electron chi connectivity index (χ4n) is 2.22. The Kier molecular flexibility index (Phi) is 6.65. The average Bonchev–Trinajstić information content (AvgIpc) is 2.66. The molecular weight excluding hydrogens is 372 g/mol. The van der Waals surface area contributed by atoms with Crippen LogP contribution in [0.2, 0.25) is 0 Å². The molecule has 0 aliphatic carbocycles. The molecule has 0 unspecified atom stereocenters. The Balaban J connectivity index is 2.02. The fourth-order valence-corrected chi connectivity index (χ4v) is 3.26. The van der Waals surface area contributed by atoms with E-state index in [1.165, 1.54) is 26.4 Å². The minimum atomic E-state index is -4.07. The Hall–Kier alpha value is -2.78. The molecule has 0 aliphatic heterocycles. The van der Waals surface area contributed by atoms with Crippen LogP contribution in [-0.2, 0) is 14.8 Å². The van der Waals surface area contributed by atoms with Gasteiger partial charge in [0, 0.05) is 6.07 Å². The summed E-state index contributed by atoms with van der Waals surface area (Å²) in [6, 6.07) is 9.92. The second-order valence-corrected chi connectivity index (χ2v) is 7.38. The van der Waals surface area contributed by atoms with Crippen molar-refractivity contribution in [3.63, 3.8) is 0 Å². The Labute approximate surface area is 158 Å². The molecule has 8 nitrogen and oxygen atoms in total. The molecule has 1 amide bonds. The number of amides is 1. The lowest BCUT2D eigenvalue weighted by Gasteiger charge is -2.13. The predicted octanol–water partition coefficient (Wildman–Crippen LogP) is 1.71. The van der Waals surface area contributed by atoms with E-state index in [0.29, 0.717) is 11.5 Å². The Morgan fingerprint density at radius 3 is 2.41 bits per heavy atom. The molecule has 27 heavy (non-hydrogen) atoms. The van der Waals surface area contributed by atoms with Gasteiger partial charge in [-0.3, -0.25) is 10.2 Å². The maximum absolute atomic E-state index is 12.5. The van der Waals surface area contributed by atoms with Gasteiger partial charge < -0.3 is 14.2 Å². The maximum atomic E-state index is 12.5. The molecule has 0 saturated carbocycles. The van der Waals surface area contributed by atoms with Crippen molar-refractivity contribution in [2.45, 2.75) is 18.7 Å². The fraction of sp³-hybridized carbons (Fsp3) is 0.278. The summed E-state index contributed by atoms with van der Waals surface area (Å²) in [6.45, 7) is 3.41. The van der Waals surface area contributed by atoms with Gasteiger partial charge in [-0.1, -0.05) is 12.1 Å². The third-order valence-corrected chi connectivity index (χ3v) is 4.96. The van der Waals surface area contributed by atoms with E-state index >= 15 is 0 Å². The second-order valence-electron chi connectivity index (χ2n) is 5.73. The van der Waals surface area contributed by atoms with Crippen LogP contribution < -0.4 is 24.5 Å².